The smallest absolute Gasteiger partial charge is 0.270 e. The summed E-state index contributed by atoms with van der Waals surface area (Å²) in [6.07, 6.45) is 0. The molecule has 1 aromatic rings. The summed E-state index contributed by atoms with van der Waals surface area (Å²) in [6.45, 7) is 4.81. The lowest BCUT2D eigenvalue weighted by Crippen LogP contribution is -2.30. The minimum atomic E-state index is -0.388. The Hall–Kier alpha value is -0.890. The van der Waals surface area contributed by atoms with Crippen LogP contribution in [-0.2, 0) is 4.74 Å². The Balaban J connectivity index is 2.86. The van der Waals surface area contributed by atoms with Gasteiger partial charge in [-0.25, -0.2) is 0 Å². The quantitative estimate of drug-likeness (QED) is 0.478. The molecule has 5 nitrogen and oxygen atoms in total. The third-order valence-electron chi connectivity index (χ3n) is 2.66. The van der Waals surface area contributed by atoms with E-state index in [1.165, 1.54) is 6.07 Å². The molecule has 0 aromatic heterocycles. The fourth-order valence-electron chi connectivity index (χ4n) is 1.51. The number of hydrogen-bond donors (Lipinski definition) is 1. The Bertz CT molecular complexity index is 424. The van der Waals surface area contributed by atoms with Crippen molar-refractivity contribution >= 4 is 34.0 Å². The summed E-state index contributed by atoms with van der Waals surface area (Å²) in [5, 5.41) is 14.0. The van der Waals surface area contributed by atoms with Gasteiger partial charge in [0.15, 0.2) is 0 Å². The van der Waals surface area contributed by atoms with Gasteiger partial charge in [-0.05, 0) is 34.6 Å². The maximum absolute atomic E-state index is 10.7. The first kappa shape index (κ1) is 15.2. The Morgan fingerprint density at radius 2 is 2.17 bits per heavy atom. The number of nitro groups is 1. The minimum Gasteiger partial charge on any atom is -0.383 e. The molecule has 0 spiro atoms. The molecular weight excluding hydrogens is 347 g/mol. The summed E-state index contributed by atoms with van der Waals surface area (Å²) in [7, 11) is 1.66. The van der Waals surface area contributed by atoms with Gasteiger partial charge in [-0.3, -0.25) is 10.1 Å². The number of non-ortho nitro benzene ring substituents is 1. The second kappa shape index (κ2) is 6.89. The van der Waals surface area contributed by atoms with E-state index in [1.807, 2.05) is 0 Å². The first-order valence-corrected chi connectivity index (χ1v) is 6.73. The normalized spacial score (nSPS) is 12.5. The van der Waals surface area contributed by atoms with Crippen molar-refractivity contribution in [2.45, 2.75) is 19.9 Å². The van der Waals surface area contributed by atoms with Crippen molar-refractivity contribution in [2.24, 2.45) is 5.92 Å². The van der Waals surface area contributed by atoms with Gasteiger partial charge < -0.3 is 10.1 Å². The number of nitrogens with one attached hydrogen (secondary N) is 1. The highest BCUT2D eigenvalue weighted by atomic mass is 127. The molecule has 0 aliphatic carbocycles. The number of hydrogen-bond acceptors (Lipinski definition) is 4. The van der Waals surface area contributed by atoms with Crippen LogP contribution in [0.4, 0.5) is 11.4 Å². The molecule has 100 valence electrons. The molecule has 1 rings (SSSR count). The van der Waals surface area contributed by atoms with E-state index in [0.717, 1.165) is 9.26 Å². The molecule has 0 saturated heterocycles. The van der Waals surface area contributed by atoms with Crippen LogP contribution >= 0.6 is 22.6 Å². The Morgan fingerprint density at radius 3 is 2.61 bits per heavy atom. The molecule has 0 amide bonds. The number of ether oxygens (including phenoxy) is 1. The molecule has 0 saturated carbocycles. The topological polar surface area (TPSA) is 64.4 Å². The zero-order chi connectivity index (χ0) is 13.7. The molecule has 0 aliphatic rings. The van der Waals surface area contributed by atoms with Crippen molar-refractivity contribution in [3.05, 3.63) is 31.9 Å². The molecule has 0 fully saturated rings. The van der Waals surface area contributed by atoms with Gasteiger partial charge in [0.1, 0.15) is 0 Å². The highest BCUT2D eigenvalue weighted by Crippen LogP contribution is 2.25. The van der Waals surface area contributed by atoms with E-state index in [1.54, 1.807) is 19.2 Å². The van der Waals surface area contributed by atoms with Crippen LogP contribution in [0.25, 0.3) is 0 Å². The van der Waals surface area contributed by atoms with E-state index < -0.39 is 0 Å². The maximum Gasteiger partial charge on any atom is 0.270 e. The summed E-state index contributed by atoms with van der Waals surface area (Å²) in [4.78, 5) is 10.3. The third kappa shape index (κ3) is 4.09. The van der Waals surface area contributed by atoms with E-state index in [-0.39, 0.29) is 16.7 Å². The molecular formula is C12H17IN2O3. The SMILES string of the molecule is COCC(Nc1ccc([N+](=O)[O-])cc1I)C(C)C. The zero-order valence-corrected chi connectivity index (χ0v) is 12.8. The number of halogens is 1. The first-order chi connectivity index (χ1) is 8.45. The number of nitrogens with zero attached hydrogens (tertiary/aromatic N) is 1. The van der Waals surface area contributed by atoms with Gasteiger partial charge in [0, 0.05) is 28.5 Å². The Labute approximate surface area is 120 Å². The molecule has 6 heteroatoms. The molecule has 18 heavy (non-hydrogen) atoms. The van der Waals surface area contributed by atoms with Gasteiger partial charge in [0.05, 0.1) is 17.6 Å². The van der Waals surface area contributed by atoms with E-state index >= 15 is 0 Å². The molecule has 1 aromatic carbocycles. The molecule has 1 atom stereocenters. The van der Waals surface area contributed by atoms with Crippen LogP contribution in [0.15, 0.2) is 18.2 Å². The van der Waals surface area contributed by atoms with Crippen molar-refractivity contribution in [1.29, 1.82) is 0 Å². The van der Waals surface area contributed by atoms with Crippen LogP contribution in [0.3, 0.4) is 0 Å². The van der Waals surface area contributed by atoms with Crippen LogP contribution in [0.5, 0.6) is 0 Å². The number of methoxy groups -OCH3 is 1. The fourth-order valence-corrected chi connectivity index (χ4v) is 2.17. The lowest BCUT2D eigenvalue weighted by Gasteiger charge is -2.23. The van der Waals surface area contributed by atoms with Crippen LogP contribution in [0.1, 0.15) is 13.8 Å². The molecule has 1 unspecified atom stereocenters. The Kier molecular flexibility index (Phi) is 5.80. The summed E-state index contributed by atoms with van der Waals surface area (Å²) < 4.78 is 6.00. The van der Waals surface area contributed by atoms with E-state index in [4.69, 9.17) is 4.74 Å². The average molecular weight is 364 g/mol. The summed E-state index contributed by atoms with van der Waals surface area (Å²) >= 11 is 2.10. The Morgan fingerprint density at radius 1 is 1.50 bits per heavy atom. The average Bonchev–Trinajstić information content (AvgIpc) is 2.30. The van der Waals surface area contributed by atoms with Crippen molar-refractivity contribution < 1.29 is 9.66 Å². The monoisotopic (exact) mass is 364 g/mol. The standard InChI is InChI=1S/C12H17IN2O3/c1-8(2)12(7-18-3)14-11-5-4-9(15(16)17)6-10(11)13/h4-6,8,12,14H,7H2,1-3H3. The van der Waals surface area contributed by atoms with E-state index in [2.05, 4.69) is 41.8 Å². The van der Waals surface area contributed by atoms with Gasteiger partial charge in [-0.1, -0.05) is 13.8 Å². The number of rotatable bonds is 6. The predicted molar refractivity (Wildman–Crippen MR) is 79.9 cm³/mol. The van der Waals surface area contributed by atoms with Gasteiger partial charge in [0.2, 0.25) is 0 Å². The van der Waals surface area contributed by atoms with Crippen molar-refractivity contribution in [1.82, 2.24) is 0 Å². The van der Waals surface area contributed by atoms with E-state index in [9.17, 15) is 10.1 Å². The van der Waals surface area contributed by atoms with Gasteiger partial charge in [0.25, 0.3) is 5.69 Å². The van der Waals surface area contributed by atoms with Crippen molar-refractivity contribution in [3.8, 4) is 0 Å². The summed E-state index contributed by atoms with van der Waals surface area (Å²) in [5.41, 5.74) is 1.01. The number of benzene rings is 1. The second-order valence-electron chi connectivity index (χ2n) is 4.37. The molecule has 0 radical (unpaired) electrons. The van der Waals surface area contributed by atoms with Crippen LogP contribution in [0.2, 0.25) is 0 Å². The molecule has 1 N–H and O–H groups in total. The van der Waals surface area contributed by atoms with Crippen LogP contribution in [-0.4, -0.2) is 24.7 Å². The second-order valence-corrected chi connectivity index (χ2v) is 5.53. The maximum atomic E-state index is 10.7. The fraction of sp³-hybridized carbons (Fsp3) is 0.500. The minimum absolute atomic E-state index is 0.109. The lowest BCUT2D eigenvalue weighted by atomic mass is 10.1. The van der Waals surface area contributed by atoms with Gasteiger partial charge in [-0.2, -0.15) is 0 Å². The summed E-state index contributed by atoms with van der Waals surface area (Å²) in [6, 6.07) is 5.00. The van der Waals surface area contributed by atoms with Crippen molar-refractivity contribution in [2.75, 3.05) is 19.0 Å². The number of anilines is 1. The molecule has 0 bridgehead atoms. The van der Waals surface area contributed by atoms with Gasteiger partial charge >= 0.3 is 0 Å². The summed E-state index contributed by atoms with van der Waals surface area (Å²) in [5.74, 6) is 0.413. The first-order valence-electron chi connectivity index (χ1n) is 5.65. The predicted octanol–water partition coefficient (Wildman–Crippen LogP) is 3.28. The number of nitro benzene ring substituents is 1. The highest BCUT2D eigenvalue weighted by Gasteiger charge is 2.15. The third-order valence-corrected chi connectivity index (χ3v) is 3.55. The molecule has 0 heterocycles. The zero-order valence-electron chi connectivity index (χ0n) is 10.6. The van der Waals surface area contributed by atoms with Crippen molar-refractivity contribution in [3.63, 3.8) is 0 Å². The highest BCUT2D eigenvalue weighted by molar-refractivity contribution is 14.1. The van der Waals surface area contributed by atoms with E-state index in [0.29, 0.717) is 12.5 Å². The van der Waals surface area contributed by atoms with Crippen LogP contribution < -0.4 is 5.32 Å². The van der Waals surface area contributed by atoms with Crippen LogP contribution in [0, 0.1) is 19.6 Å². The lowest BCUT2D eigenvalue weighted by molar-refractivity contribution is -0.384. The molecule has 0 aliphatic heterocycles. The van der Waals surface area contributed by atoms with Gasteiger partial charge in [-0.15, -0.1) is 0 Å². The largest absolute Gasteiger partial charge is 0.383 e.